The largest absolute Gasteiger partial charge is 0.474 e. The van der Waals surface area contributed by atoms with Gasteiger partial charge in [0.05, 0.1) is 18.9 Å². The average Bonchev–Trinajstić information content (AvgIpc) is 2.78. The molecule has 0 atom stereocenters. The van der Waals surface area contributed by atoms with Gasteiger partial charge in [-0.15, -0.1) is 0 Å². The van der Waals surface area contributed by atoms with Gasteiger partial charge in [-0.25, -0.2) is 19.7 Å². The van der Waals surface area contributed by atoms with Gasteiger partial charge in [0, 0.05) is 63.0 Å². The fraction of sp³-hybridized carbons (Fsp3) is 0.591. The number of anilines is 2. The first-order valence-corrected chi connectivity index (χ1v) is 11.4. The van der Waals surface area contributed by atoms with E-state index in [2.05, 4.69) is 19.9 Å². The van der Waals surface area contributed by atoms with E-state index in [9.17, 15) is 4.79 Å². The van der Waals surface area contributed by atoms with Gasteiger partial charge in [-0.1, -0.05) is 0 Å². The van der Waals surface area contributed by atoms with Crippen LogP contribution in [0.2, 0.25) is 0 Å². The first kappa shape index (κ1) is 21.6. The van der Waals surface area contributed by atoms with Crippen molar-refractivity contribution < 1.29 is 19.0 Å². The standard InChI is InChI=1S/C22H29N7O4/c1-28(22(30)33-16-3-2-4-16)15-9-17(10-15)32-19-11-18(14-12-24-20(23)25-13-14)26-21(27-19)29-5-7-31-8-6-29/h11-13,15-17H,2-10H2,1H3,(H2,23,24,25). The van der Waals surface area contributed by atoms with Crippen LogP contribution in [0, 0.1) is 0 Å². The second-order valence-electron chi connectivity index (χ2n) is 8.73. The van der Waals surface area contributed by atoms with E-state index in [1.54, 1.807) is 30.4 Å². The Kier molecular flexibility index (Phi) is 6.12. The fourth-order valence-electron chi connectivity index (χ4n) is 3.98. The molecule has 1 amide bonds. The molecule has 2 aromatic heterocycles. The number of hydrogen-bond acceptors (Lipinski definition) is 10. The molecule has 176 valence electrons. The van der Waals surface area contributed by atoms with Crippen molar-refractivity contribution in [2.24, 2.45) is 0 Å². The van der Waals surface area contributed by atoms with E-state index in [0.717, 1.165) is 37.7 Å². The predicted molar refractivity (Wildman–Crippen MR) is 120 cm³/mol. The molecule has 0 aromatic carbocycles. The third-order valence-electron chi connectivity index (χ3n) is 6.47. The topological polar surface area (TPSA) is 129 Å². The SMILES string of the molecule is CN(C(=O)OC1CCC1)C1CC(Oc2cc(-c3cnc(N)nc3)nc(N3CCOCC3)n2)C1. The monoisotopic (exact) mass is 455 g/mol. The number of amides is 1. The molecule has 1 saturated heterocycles. The Balaban J connectivity index is 1.26. The van der Waals surface area contributed by atoms with E-state index in [1.807, 2.05) is 0 Å². The van der Waals surface area contributed by atoms with E-state index < -0.39 is 0 Å². The van der Waals surface area contributed by atoms with E-state index >= 15 is 0 Å². The zero-order valence-corrected chi connectivity index (χ0v) is 18.7. The number of morpholine rings is 1. The van der Waals surface area contributed by atoms with Crippen LogP contribution in [-0.4, -0.2) is 82.5 Å². The summed E-state index contributed by atoms with van der Waals surface area (Å²) in [4.78, 5) is 33.6. The van der Waals surface area contributed by atoms with Crippen molar-refractivity contribution in [3.8, 4) is 17.1 Å². The average molecular weight is 456 g/mol. The van der Waals surface area contributed by atoms with Gasteiger partial charge in [-0.2, -0.15) is 4.98 Å². The zero-order chi connectivity index (χ0) is 22.8. The van der Waals surface area contributed by atoms with Crippen molar-refractivity contribution in [3.63, 3.8) is 0 Å². The molecule has 2 saturated carbocycles. The Morgan fingerprint density at radius 3 is 2.55 bits per heavy atom. The number of aromatic nitrogens is 4. The van der Waals surface area contributed by atoms with Crippen LogP contribution in [0.5, 0.6) is 5.88 Å². The van der Waals surface area contributed by atoms with E-state index in [4.69, 9.17) is 24.9 Å². The van der Waals surface area contributed by atoms with Crippen LogP contribution in [-0.2, 0) is 9.47 Å². The Labute approximate surface area is 192 Å². The first-order valence-electron chi connectivity index (χ1n) is 11.4. The van der Waals surface area contributed by atoms with Gasteiger partial charge in [0.1, 0.15) is 12.2 Å². The predicted octanol–water partition coefficient (Wildman–Crippen LogP) is 1.88. The van der Waals surface area contributed by atoms with Gasteiger partial charge < -0.3 is 29.7 Å². The Morgan fingerprint density at radius 1 is 1.15 bits per heavy atom. The Bertz CT molecular complexity index is 973. The number of nitrogens with zero attached hydrogens (tertiary/aromatic N) is 6. The fourth-order valence-corrected chi connectivity index (χ4v) is 3.98. The van der Waals surface area contributed by atoms with Gasteiger partial charge in [0.15, 0.2) is 0 Å². The van der Waals surface area contributed by atoms with E-state index in [1.165, 1.54) is 0 Å². The van der Waals surface area contributed by atoms with Crippen molar-refractivity contribution in [1.29, 1.82) is 0 Å². The molecule has 0 radical (unpaired) electrons. The van der Waals surface area contributed by atoms with Crippen LogP contribution in [0.15, 0.2) is 18.5 Å². The molecular formula is C22H29N7O4. The molecule has 0 spiro atoms. The number of carbonyl (C=O) groups is 1. The van der Waals surface area contributed by atoms with Crippen LogP contribution < -0.4 is 15.4 Å². The highest BCUT2D eigenvalue weighted by atomic mass is 16.6. The quantitative estimate of drug-likeness (QED) is 0.689. The van der Waals surface area contributed by atoms with Gasteiger partial charge in [0.2, 0.25) is 17.8 Å². The molecule has 33 heavy (non-hydrogen) atoms. The lowest BCUT2D eigenvalue weighted by atomic mass is 9.88. The Hall–Kier alpha value is -3.21. The molecular weight excluding hydrogens is 426 g/mol. The molecule has 11 heteroatoms. The highest BCUT2D eigenvalue weighted by Gasteiger charge is 2.38. The van der Waals surface area contributed by atoms with Gasteiger partial charge in [0.25, 0.3) is 0 Å². The summed E-state index contributed by atoms with van der Waals surface area (Å²) >= 11 is 0. The van der Waals surface area contributed by atoms with Crippen LogP contribution in [0.3, 0.4) is 0 Å². The molecule has 2 aliphatic carbocycles. The number of rotatable bonds is 6. The summed E-state index contributed by atoms with van der Waals surface area (Å²) < 4.78 is 17.1. The summed E-state index contributed by atoms with van der Waals surface area (Å²) in [5, 5.41) is 0. The van der Waals surface area contributed by atoms with Crippen molar-refractivity contribution in [2.45, 2.75) is 50.4 Å². The normalized spacial score (nSPS) is 22.8. The van der Waals surface area contributed by atoms with Crippen molar-refractivity contribution in [1.82, 2.24) is 24.8 Å². The second kappa shape index (κ2) is 9.34. The van der Waals surface area contributed by atoms with Crippen molar-refractivity contribution >= 4 is 18.0 Å². The number of nitrogens with two attached hydrogens (primary N) is 1. The zero-order valence-electron chi connectivity index (χ0n) is 18.7. The molecule has 3 heterocycles. The maximum atomic E-state index is 12.3. The minimum absolute atomic E-state index is 0.0306. The molecule has 0 bridgehead atoms. The maximum Gasteiger partial charge on any atom is 0.410 e. The lowest BCUT2D eigenvalue weighted by molar-refractivity contribution is -0.00742. The summed E-state index contributed by atoms with van der Waals surface area (Å²) in [5.41, 5.74) is 7.03. The number of hydrogen-bond donors (Lipinski definition) is 1. The van der Waals surface area contributed by atoms with Crippen molar-refractivity contribution in [3.05, 3.63) is 18.5 Å². The molecule has 11 nitrogen and oxygen atoms in total. The molecule has 2 aromatic rings. The first-order chi connectivity index (χ1) is 16.0. The Morgan fingerprint density at radius 2 is 1.88 bits per heavy atom. The number of ether oxygens (including phenoxy) is 3. The maximum absolute atomic E-state index is 12.3. The molecule has 1 aliphatic heterocycles. The van der Waals surface area contributed by atoms with Crippen LogP contribution in [0.4, 0.5) is 16.7 Å². The molecule has 3 aliphatic rings. The molecule has 3 fully saturated rings. The number of carbonyl (C=O) groups excluding carboxylic acids is 1. The molecule has 0 unspecified atom stereocenters. The minimum Gasteiger partial charge on any atom is -0.474 e. The lowest BCUT2D eigenvalue weighted by Crippen LogP contribution is -2.50. The van der Waals surface area contributed by atoms with E-state index in [0.29, 0.717) is 43.8 Å². The third-order valence-corrected chi connectivity index (χ3v) is 6.47. The van der Waals surface area contributed by atoms with Gasteiger partial charge in [-0.3, -0.25) is 0 Å². The molecule has 2 N–H and O–H groups in total. The summed E-state index contributed by atoms with van der Waals surface area (Å²) in [6.45, 7) is 2.67. The summed E-state index contributed by atoms with van der Waals surface area (Å²) in [6, 6.07) is 1.90. The third kappa shape index (κ3) is 4.92. The molecule has 5 rings (SSSR count). The van der Waals surface area contributed by atoms with Gasteiger partial charge in [-0.05, 0) is 19.3 Å². The van der Waals surface area contributed by atoms with Crippen LogP contribution in [0.1, 0.15) is 32.1 Å². The number of nitrogen functional groups attached to an aromatic ring is 1. The van der Waals surface area contributed by atoms with Crippen LogP contribution in [0.25, 0.3) is 11.3 Å². The highest BCUT2D eigenvalue weighted by molar-refractivity contribution is 5.68. The second-order valence-corrected chi connectivity index (χ2v) is 8.73. The summed E-state index contributed by atoms with van der Waals surface area (Å²) in [6.07, 6.45) is 7.62. The minimum atomic E-state index is -0.245. The van der Waals surface area contributed by atoms with E-state index in [-0.39, 0.29) is 30.3 Å². The summed E-state index contributed by atoms with van der Waals surface area (Å²) in [5.74, 6) is 1.28. The smallest absolute Gasteiger partial charge is 0.410 e. The summed E-state index contributed by atoms with van der Waals surface area (Å²) in [7, 11) is 1.79. The lowest BCUT2D eigenvalue weighted by Gasteiger charge is -2.41. The van der Waals surface area contributed by atoms with Crippen molar-refractivity contribution in [2.75, 3.05) is 44.0 Å². The van der Waals surface area contributed by atoms with Crippen LogP contribution >= 0.6 is 0 Å². The highest BCUT2D eigenvalue weighted by Crippen LogP contribution is 2.32. The van der Waals surface area contributed by atoms with Gasteiger partial charge >= 0.3 is 6.09 Å².